The topological polar surface area (TPSA) is 69.7 Å². The summed E-state index contributed by atoms with van der Waals surface area (Å²) in [5, 5.41) is 0. The first-order valence-corrected chi connectivity index (χ1v) is 10.1. The molecule has 3 aliphatic rings. The van der Waals surface area contributed by atoms with Gasteiger partial charge < -0.3 is 9.47 Å². The fourth-order valence-electron chi connectivity index (χ4n) is 6.60. The molecule has 27 heavy (non-hydrogen) atoms. The van der Waals surface area contributed by atoms with Crippen LogP contribution in [0.1, 0.15) is 59.3 Å². The highest BCUT2D eigenvalue weighted by atomic mass is 16.5. The minimum atomic E-state index is -0.590. The van der Waals surface area contributed by atoms with E-state index in [0.717, 1.165) is 37.7 Å². The highest BCUT2D eigenvalue weighted by molar-refractivity contribution is 5.87. The van der Waals surface area contributed by atoms with Crippen molar-refractivity contribution < 1.29 is 23.9 Å². The maximum atomic E-state index is 13.2. The van der Waals surface area contributed by atoms with E-state index >= 15 is 0 Å². The van der Waals surface area contributed by atoms with E-state index in [2.05, 4.69) is 13.8 Å². The molecule has 0 aromatic heterocycles. The normalized spacial score (nSPS) is 42.9. The molecule has 0 unspecified atom stereocenters. The number of fused-ring (bicyclic) bond motifs is 3. The van der Waals surface area contributed by atoms with E-state index < -0.39 is 5.41 Å². The summed E-state index contributed by atoms with van der Waals surface area (Å²) < 4.78 is 9.93. The van der Waals surface area contributed by atoms with Crippen molar-refractivity contribution in [3.05, 3.63) is 11.6 Å². The molecule has 3 fully saturated rings. The second kappa shape index (κ2) is 7.06. The van der Waals surface area contributed by atoms with Crippen LogP contribution < -0.4 is 0 Å². The molecule has 0 N–H and O–H groups in total. The molecule has 0 spiro atoms. The molecule has 0 aliphatic heterocycles. The molecule has 6 atom stereocenters. The van der Waals surface area contributed by atoms with Gasteiger partial charge in [-0.15, -0.1) is 0 Å². The SMILES string of the molecule is COC(=O)/C=C1\CC[C@H]2[C@@H](C(=O)C[C@@H]3[C@]2(C)CCC[C@@]3(C)C(=O)OC)[C@H]1C. The lowest BCUT2D eigenvalue weighted by atomic mass is 9.43. The molecule has 3 rings (SSSR count). The predicted molar refractivity (Wildman–Crippen MR) is 101 cm³/mol. The molecular weight excluding hydrogens is 344 g/mol. The van der Waals surface area contributed by atoms with Gasteiger partial charge in [0.05, 0.1) is 19.6 Å². The molecule has 3 aliphatic carbocycles. The molecule has 0 bridgehead atoms. The second-order valence-corrected chi connectivity index (χ2v) is 9.19. The quantitative estimate of drug-likeness (QED) is 0.543. The summed E-state index contributed by atoms with van der Waals surface area (Å²) in [5.41, 5.74) is 0.378. The highest BCUT2D eigenvalue weighted by Crippen LogP contribution is 2.64. The van der Waals surface area contributed by atoms with Crippen molar-refractivity contribution in [2.24, 2.45) is 34.5 Å². The maximum absolute atomic E-state index is 13.2. The van der Waals surface area contributed by atoms with Crippen LogP contribution in [0.4, 0.5) is 0 Å². The Bertz CT molecular complexity index is 680. The number of hydrogen-bond donors (Lipinski definition) is 0. The molecule has 3 saturated carbocycles. The Kier molecular flexibility index (Phi) is 5.26. The van der Waals surface area contributed by atoms with Crippen LogP contribution in [0, 0.1) is 34.5 Å². The third kappa shape index (κ3) is 3.03. The zero-order chi connectivity index (χ0) is 20.0. The Morgan fingerprint density at radius 2 is 1.85 bits per heavy atom. The number of carbonyl (C=O) groups is 3. The zero-order valence-electron chi connectivity index (χ0n) is 17.2. The average molecular weight is 376 g/mol. The molecule has 0 aromatic rings. The van der Waals surface area contributed by atoms with Gasteiger partial charge in [0.2, 0.25) is 0 Å². The number of ketones is 1. The predicted octanol–water partition coefficient (Wildman–Crippen LogP) is 3.71. The van der Waals surface area contributed by atoms with Crippen LogP contribution in [0.5, 0.6) is 0 Å². The van der Waals surface area contributed by atoms with Crippen LogP contribution in [0.25, 0.3) is 0 Å². The van der Waals surface area contributed by atoms with Crippen LogP contribution in [0.3, 0.4) is 0 Å². The number of carbonyl (C=O) groups excluding carboxylic acids is 3. The van der Waals surface area contributed by atoms with Crippen molar-refractivity contribution in [3.8, 4) is 0 Å². The van der Waals surface area contributed by atoms with Gasteiger partial charge in [-0.1, -0.05) is 25.8 Å². The summed E-state index contributed by atoms with van der Waals surface area (Å²) in [6.07, 6.45) is 6.50. The second-order valence-electron chi connectivity index (χ2n) is 9.19. The smallest absolute Gasteiger partial charge is 0.330 e. The van der Waals surface area contributed by atoms with E-state index in [1.165, 1.54) is 14.2 Å². The van der Waals surface area contributed by atoms with E-state index in [-0.39, 0.29) is 46.8 Å². The minimum absolute atomic E-state index is 0.0262. The molecule has 0 radical (unpaired) electrons. The number of methoxy groups -OCH3 is 2. The molecule has 150 valence electrons. The number of rotatable bonds is 2. The monoisotopic (exact) mass is 376 g/mol. The van der Waals surface area contributed by atoms with Gasteiger partial charge in [-0.3, -0.25) is 9.59 Å². The summed E-state index contributed by atoms with van der Waals surface area (Å²) in [5.74, 6) is -0.0488. The number of Topliss-reactive ketones (excluding diaryl/α,β-unsaturated/α-hetero) is 1. The average Bonchev–Trinajstić information content (AvgIpc) is 2.64. The van der Waals surface area contributed by atoms with Crippen molar-refractivity contribution in [2.75, 3.05) is 14.2 Å². The van der Waals surface area contributed by atoms with Crippen molar-refractivity contribution in [1.82, 2.24) is 0 Å². The fourth-order valence-corrected chi connectivity index (χ4v) is 6.60. The first kappa shape index (κ1) is 20.1. The Morgan fingerprint density at radius 1 is 1.15 bits per heavy atom. The van der Waals surface area contributed by atoms with Gasteiger partial charge in [0.25, 0.3) is 0 Å². The van der Waals surface area contributed by atoms with Crippen molar-refractivity contribution in [1.29, 1.82) is 0 Å². The Morgan fingerprint density at radius 3 is 2.48 bits per heavy atom. The van der Waals surface area contributed by atoms with Gasteiger partial charge in [-0.05, 0) is 55.8 Å². The van der Waals surface area contributed by atoms with E-state index in [1.807, 2.05) is 6.92 Å². The van der Waals surface area contributed by atoms with E-state index in [0.29, 0.717) is 6.42 Å². The molecule has 0 amide bonds. The molecule has 0 heterocycles. The van der Waals surface area contributed by atoms with E-state index in [9.17, 15) is 14.4 Å². The third-order valence-electron chi connectivity index (χ3n) is 8.06. The largest absolute Gasteiger partial charge is 0.469 e. The Labute approximate surface area is 161 Å². The van der Waals surface area contributed by atoms with Crippen molar-refractivity contribution in [3.63, 3.8) is 0 Å². The number of hydrogen-bond acceptors (Lipinski definition) is 5. The van der Waals surface area contributed by atoms with Gasteiger partial charge >= 0.3 is 11.9 Å². The minimum Gasteiger partial charge on any atom is -0.469 e. The standard InChI is InChI=1S/C22H32O5/c1-13-14(11-18(24)26-4)7-8-15-19(13)16(23)12-17-21(15,2)9-6-10-22(17,3)20(25)27-5/h11,13,15,17,19H,6-10,12H2,1-5H3/b14-11+/t13-,15-,17+,19-,21+,22+/m0/s1. The highest BCUT2D eigenvalue weighted by Gasteiger charge is 2.62. The Hall–Kier alpha value is -1.65. The number of ether oxygens (including phenoxy) is 2. The first-order chi connectivity index (χ1) is 12.7. The van der Waals surface area contributed by atoms with E-state index in [4.69, 9.17) is 9.47 Å². The van der Waals surface area contributed by atoms with Crippen LogP contribution >= 0.6 is 0 Å². The third-order valence-corrected chi connectivity index (χ3v) is 8.06. The number of allylic oxidation sites excluding steroid dienone is 1. The van der Waals surface area contributed by atoms with Crippen molar-refractivity contribution >= 4 is 17.7 Å². The van der Waals surface area contributed by atoms with Gasteiger partial charge in [0, 0.05) is 18.4 Å². The molecule has 0 aromatic carbocycles. The lowest BCUT2D eigenvalue weighted by molar-refractivity contribution is -0.178. The van der Waals surface area contributed by atoms with Crippen LogP contribution in [-0.2, 0) is 23.9 Å². The fraction of sp³-hybridized carbons (Fsp3) is 0.773. The molecule has 0 saturated heterocycles. The first-order valence-electron chi connectivity index (χ1n) is 10.1. The van der Waals surface area contributed by atoms with Gasteiger partial charge in [0.15, 0.2) is 0 Å². The lowest BCUT2D eigenvalue weighted by Gasteiger charge is -2.60. The Balaban J connectivity index is 1.96. The number of esters is 2. The summed E-state index contributed by atoms with van der Waals surface area (Å²) in [6, 6.07) is 0. The summed E-state index contributed by atoms with van der Waals surface area (Å²) in [4.78, 5) is 37.6. The maximum Gasteiger partial charge on any atom is 0.330 e. The zero-order valence-corrected chi connectivity index (χ0v) is 17.2. The van der Waals surface area contributed by atoms with Gasteiger partial charge in [-0.2, -0.15) is 0 Å². The molecule has 5 nitrogen and oxygen atoms in total. The van der Waals surface area contributed by atoms with Gasteiger partial charge in [-0.25, -0.2) is 4.79 Å². The molecular formula is C22H32O5. The molecule has 5 heteroatoms. The lowest BCUT2D eigenvalue weighted by Crippen LogP contribution is -2.59. The van der Waals surface area contributed by atoms with Crippen LogP contribution in [-0.4, -0.2) is 31.9 Å². The summed E-state index contributed by atoms with van der Waals surface area (Å²) in [6.45, 7) is 6.34. The summed E-state index contributed by atoms with van der Waals surface area (Å²) in [7, 11) is 2.82. The van der Waals surface area contributed by atoms with Crippen LogP contribution in [0.15, 0.2) is 11.6 Å². The van der Waals surface area contributed by atoms with Crippen LogP contribution in [0.2, 0.25) is 0 Å². The van der Waals surface area contributed by atoms with Gasteiger partial charge in [0.1, 0.15) is 5.78 Å². The van der Waals surface area contributed by atoms with Crippen molar-refractivity contribution in [2.45, 2.75) is 59.3 Å². The van der Waals surface area contributed by atoms with E-state index in [1.54, 1.807) is 6.08 Å². The summed E-state index contributed by atoms with van der Waals surface area (Å²) >= 11 is 0.